The highest BCUT2D eigenvalue weighted by Gasteiger charge is 2.32. The van der Waals surface area contributed by atoms with Crippen molar-refractivity contribution in [2.24, 2.45) is 7.05 Å². The van der Waals surface area contributed by atoms with Crippen LogP contribution in [-0.4, -0.2) is 41.2 Å². The summed E-state index contributed by atoms with van der Waals surface area (Å²) >= 11 is 0. The standard InChI is InChI=1S/C22H22N2O4/c1-15-9-19(11-21(25)23(15)2)28-20-12-24(13-20)22(26)14-27-18-8-7-16-5-3-4-6-17(16)10-18/h3-11,20H,12-14H2,1-2H3. The number of rotatable bonds is 5. The number of likely N-dealkylation sites (tertiary alicyclic amines) is 1. The molecule has 1 amide bonds. The zero-order valence-corrected chi connectivity index (χ0v) is 15.9. The van der Waals surface area contributed by atoms with E-state index < -0.39 is 0 Å². The van der Waals surface area contributed by atoms with E-state index in [2.05, 4.69) is 0 Å². The number of aromatic nitrogens is 1. The van der Waals surface area contributed by atoms with Crippen LogP contribution >= 0.6 is 0 Å². The average Bonchev–Trinajstić information content (AvgIpc) is 2.66. The van der Waals surface area contributed by atoms with Crippen LogP contribution in [0, 0.1) is 6.92 Å². The van der Waals surface area contributed by atoms with Crippen LogP contribution < -0.4 is 15.0 Å². The first kappa shape index (κ1) is 18.1. The summed E-state index contributed by atoms with van der Waals surface area (Å²) in [5, 5.41) is 2.21. The maximum atomic E-state index is 12.3. The molecule has 0 radical (unpaired) electrons. The molecule has 28 heavy (non-hydrogen) atoms. The Morgan fingerprint density at radius 3 is 2.54 bits per heavy atom. The van der Waals surface area contributed by atoms with Crippen LogP contribution in [0.1, 0.15) is 5.69 Å². The second-order valence-corrected chi connectivity index (χ2v) is 7.07. The summed E-state index contributed by atoms with van der Waals surface area (Å²) < 4.78 is 13.0. The Kier molecular flexibility index (Phi) is 4.77. The second kappa shape index (κ2) is 7.38. The average molecular weight is 378 g/mol. The van der Waals surface area contributed by atoms with Gasteiger partial charge in [0.2, 0.25) is 0 Å². The van der Waals surface area contributed by atoms with Crippen LogP contribution in [-0.2, 0) is 11.8 Å². The van der Waals surface area contributed by atoms with Gasteiger partial charge in [0.1, 0.15) is 17.6 Å². The third-order valence-electron chi connectivity index (χ3n) is 5.06. The van der Waals surface area contributed by atoms with Gasteiger partial charge in [0.05, 0.1) is 13.1 Å². The summed E-state index contributed by atoms with van der Waals surface area (Å²) in [5.74, 6) is 1.15. The maximum Gasteiger partial charge on any atom is 0.260 e. The lowest BCUT2D eigenvalue weighted by atomic mass is 10.1. The highest BCUT2D eigenvalue weighted by atomic mass is 16.5. The maximum absolute atomic E-state index is 12.3. The molecule has 0 unspecified atom stereocenters. The Balaban J connectivity index is 1.28. The minimum absolute atomic E-state index is 0.00392. The van der Waals surface area contributed by atoms with Crippen LogP contribution in [0.15, 0.2) is 59.4 Å². The van der Waals surface area contributed by atoms with Gasteiger partial charge in [0.15, 0.2) is 6.61 Å². The van der Waals surface area contributed by atoms with E-state index in [1.54, 1.807) is 16.5 Å². The van der Waals surface area contributed by atoms with E-state index in [-0.39, 0.29) is 24.2 Å². The van der Waals surface area contributed by atoms with Gasteiger partial charge in [0.25, 0.3) is 11.5 Å². The molecule has 2 aromatic carbocycles. The van der Waals surface area contributed by atoms with Crippen LogP contribution in [0.3, 0.4) is 0 Å². The molecule has 2 heterocycles. The number of nitrogens with zero attached hydrogens (tertiary/aromatic N) is 2. The van der Waals surface area contributed by atoms with Gasteiger partial charge in [-0.2, -0.15) is 0 Å². The van der Waals surface area contributed by atoms with Gasteiger partial charge >= 0.3 is 0 Å². The lowest BCUT2D eigenvalue weighted by Crippen LogP contribution is -2.57. The Hall–Kier alpha value is -3.28. The number of benzene rings is 2. The Labute approximate surface area is 162 Å². The van der Waals surface area contributed by atoms with Crippen molar-refractivity contribution >= 4 is 16.7 Å². The monoisotopic (exact) mass is 378 g/mol. The third-order valence-corrected chi connectivity index (χ3v) is 5.06. The lowest BCUT2D eigenvalue weighted by molar-refractivity contribution is -0.142. The molecule has 144 valence electrons. The Morgan fingerprint density at radius 2 is 1.79 bits per heavy atom. The van der Waals surface area contributed by atoms with E-state index in [1.807, 2.05) is 55.5 Å². The summed E-state index contributed by atoms with van der Waals surface area (Å²) in [6.45, 7) is 2.84. The molecular formula is C22H22N2O4. The first-order valence-corrected chi connectivity index (χ1v) is 9.23. The molecule has 1 aliphatic heterocycles. The quantitative estimate of drug-likeness (QED) is 0.685. The molecule has 3 aromatic rings. The van der Waals surface area contributed by atoms with E-state index in [0.29, 0.717) is 24.6 Å². The number of hydrogen-bond acceptors (Lipinski definition) is 4. The molecule has 1 aromatic heterocycles. The third kappa shape index (κ3) is 3.71. The first-order valence-electron chi connectivity index (χ1n) is 9.23. The van der Waals surface area contributed by atoms with Gasteiger partial charge in [-0.1, -0.05) is 30.3 Å². The zero-order valence-electron chi connectivity index (χ0n) is 15.9. The molecule has 4 rings (SSSR count). The van der Waals surface area contributed by atoms with E-state index in [9.17, 15) is 9.59 Å². The highest BCUT2D eigenvalue weighted by molar-refractivity contribution is 5.84. The predicted octanol–water partition coefficient (Wildman–Crippen LogP) is 2.52. The normalized spacial score (nSPS) is 14.0. The van der Waals surface area contributed by atoms with Crippen molar-refractivity contribution in [2.45, 2.75) is 13.0 Å². The molecule has 0 bridgehead atoms. The largest absolute Gasteiger partial charge is 0.486 e. The Morgan fingerprint density at radius 1 is 1.04 bits per heavy atom. The van der Waals surface area contributed by atoms with Crippen LogP contribution in [0.25, 0.3) is 10.8 Å². The van der Waals surface area contributed by atoms with E-state index in [0.717, 1.165) is 16.5 Å². The smallest absolute Gasteiger partial charge is 0.260 e. The lowest BCUT2D eigenvalue weighted by Gasteiger charge is -2.38. The van der Waals surface area contributed by atoms with Crippen molar-refractivity contribution in [3.8, 4) is 11.5 Å². The molecule has 1 saturated heterocycles. The minimum atomic E-state index is -0.106. The van der Waals surface area contributed by atoms with Crippen molar-refractivity contribution in [2.75, 3.05) is 19.7 Å². The number of pyridine rings is 1. The van der Waals surface area contributed by atoms with Crippen molar-refractivity contribution in [3.05, 3.63) is 70.6 Å². The van der Waals surface area contributed by atoms with E-state index in [1.165, 1.54) is 6.07 Å². The molecule has 0 N–H and O–H groups in total. The second-order valence-electron chi connectivity index (χ2n) is 7.07. The van der Waals surface area contributed by atoms with Crippen LogP contribution in [0.5, 0.6) is 11.5 Å². The van der Waals surface area contributed by atoms with Crippen molar-refractivity contribution < 1.29 is 14.3 Å². The van der Waals surface area contributed by atoms with Crippen LogP contribution in [0.4, 0.5) is 0 Å². The summed E-state index contributed by atoms with van der Waals surface area (Å²) in [6, 6.07) is 17.1. The zero-order chi connectivity index (χ0) is 19.7. The predicted molar refractivity (Wildman–Crippen MR) is 107 cm³/mol. The number of amides is 1. The van der Waals surface area contributed by atoms with E-state index >= 15 is 0 Å². The van der Waals surface area contributed by atoms with Gasteiger partial charge in [-0.15, -0.1) is 0 Å². The first-order chi connectivity index (χ1) is 13.5. The molecule has 0 spiro atoms. The highest BCUT2D eigenvalue weighted by Crippen LogP contribution is 2.21. The molecule has 6 nitrogen and oxygen atoms in total. The number of fused-ring (bicyclic) bond motifs is 1. The minimum Gasteiger partial charge on any atom is -0.486 e. The molecule has 6 heteroatoms. The van der Waals surface area contributed by atoms with Gasteiger partial charge in [-0.25, -0.2) is 0 Å². The number of ether oxygens (including phenoxy) is 2. The fourth-order valence-corrected chi connectivity index (χ4v) is 3.21. The summed E-state index contributed by atoms with van der Waals surface area (Å²) in [6.07, 6.45) is -0.101. The molecule has 0 saturated carbocycles. The molecule has 0 atom stereocenters. The number of carbonyl (C=O) groups excluding carboxylic acids is 1. The number of aryl methyl sites for hydroxylation is 1. The van der Waals surface area contributed by atoms with Gasteiger partial charge in [-0.05, 0) is 35.9 Å². The fraction of sp³-hybridized carbons (Fsp3) is 0.273. The Bertz CT molecular complexity index is 1080. The van der Waals surface area contributed by atoms with Crippen molar-refractivity contribution in [1.29, 1.82) is 0 Å². The van der Waals surface area contributed by atoms with E-state index in [4.69, 9.17) is 9.47 Å². The van der Waals surface area contributed by atoms with Crippen LogP contribution in [0.2, 0.25) is 0 Å². The summed E-state index contributed by atoms with van der Waals surface area (Å²) in [5.41, 5.74) is 0.726. The van der Waals surface area contributed by atoms with Crippen molar-refractivity contribution in [3.63, 3.8) is 0 Å². The van der Waals surface area contributed by atoms with Gasteiger partial charge in [0, 0.05) is 18.8 Å². The fourth-order valence-electron chi connectivity index (χ4n) is 3.21. The summed E-state index contributed by atoms with van der Waals surface area (Å²) in [4.78, 5) is 25.8. The van der Waals surface area contributed by atoms with Crippen molar-refractivity contribution in [1.82, 2.24) is 9.47 Å². The topological polar surface area (TPSA) is 60.8 Å². The molecule has 1 fully saturated rings. The number of hydrogen-bond donors (Lipinski definition) is 0. The molecule has 0 aliphatic carbocycles. The number of carbonyl (C=O) groups is 1. The molecule has 1 aliphatic rings. The summed E-state index contributed by atoms with van der Waals surface area (Å²) in [7, 11) is 1.72. The van der Waals surface area contributed by atoms with Gasteiger partial charge < -0.3 is 18.9 Å². The molecular weight excluding hydrogens is 356 g/mol. The SMILES string of the molecule is Cc1cc(OC2CN(C(=O)COc3ccc4ccccc4c3)C2)cc(=O)n1C. The van der Waals surface area contributed by atoms with Gasteiger partial charge in [-0.3, -0.25) is 9.59 Å².